The minimum atomic E-state index is -1.01. The van der Waals surface area contributed by atoms with E-state index in [1.807, 2.05) is 27.7 Å². The molecule has 0 bridgehead atoms. The lowest BCUT2D eigenvalue weighted by Crippen LogP contribution is -2.28. The van der Waals surface area contributed by atoms with Crippen molar-refractivity contribution in [3.05, 3.63) is 0 Å². The third-order valence-electron chi connectivity index (χ3n) is 2.64. The first kappa shape index (κ1) is 17.8. The molecule has 2 nitrogen and oxygen atoms in total. The number of nitrogens with two attached hydrogens (primary N) is 1. The second-order valence-corrected chi connectivity index (χ2v) is 4.03. The van der Waals surface area contributed by atoms with E-state index in [0.29, 0.717) is 25.2 Å². The summed E-state index contributed by atoms with van der Waals surface area (Å²) in [5, 5.41) is 0. The molecular weight excluding hydrogens is 205 g/mol. The van der Waals surface area contributed by atoms with E-state index in [1.165, 1.54) is 0 Å². The predicted molar refractivity (Wildman–Crippen MR) is 68.0 cm³/mol. The van der Waals surface area contributed by atoms with E-state index < -0.39 is 5.67 Å². The summed E-state index contributed by atoms with van der Waals surface area (Å²) < 4.78 is 13.3. The Labute approximate surface area is 99.8 Å². The van der Waals surface area contributed by atoms with Crippen molar-refractivity contribution in [2.45, 2.75) is 72.4 Å². The fourth-order valence-electron chi connectivity index (χ4n) is 1.77. The molecule has 1 aliphatic carbocycles. The summed E-state index contributed by atoms with van der Waals surface area (Å²) in [7, 11) is 0. The minimum absolute atomic E-state index is 0.262. The first-order chi connectivity index (χ1) is 7.49. The van der Waals surface area contributed by atoms with Gasteiger partial charge in [0.25, 0.3) is 0 Å². The zero-order valence-corrected chi connectivity index (χ0v) is 11.5. The molecule has 0 heterocycles. The standard InChI is InChI=1S/C9H16FNO.2C2H6/c1-9(10)4-2-7(3-5-9)6-8(11)12;2*1-2/h7H,2-6H2,1H3,(H2,11,12);2*1-2H3. The number of hydrogen-bond donors (Lipinski definition) is 1. The van der Waals surface area contributed by atoms with Gasteiger partial charge in [0.05, 0.1) is 0 Å². The molecule has 1 fully saturated rings. The summed E-state index contributed by atoms with van der Waals surface area (Å²) in [6, 6.07) is 0. The van der Waals surface area contributed by atoms with Gasteiger partial charge in [0.1, 0.15) is 5.67 Å². The van der Waals surface area contributed by atoms with Gasteiger partial charge in [-0.2, -0.15) is 0 Å². The Hall–Kier alpha value is -0.600. The van der Waals surface area contributed by atoms with Crippen molar-refractivity contribution in [2.24, 2.45) is 11.7 Å². The molecule has 0 spiro atoms. The lowest BCUT2D eigenvalue weighted by atomic mass is 9.79. The van der Waals surface area contributed by atoms with Crippen LogP contribution in [0, 0.1) is 5.92 Å². The predicted octanol–water partition coefficient (Wildman–Crippen LogP) is 3.83. The summed E-state index contributed by atoms with van der Waals surface area (Å²) in [5.41, 5.74) is 4.05. The second kappa shape index (κ2) is 9.61. The van der Waals surface area contributed by atoms with Crippen LogP contribution in [0.5, 0.6) is 0 Å². The Morgan fingerprint density at radius 1 is 1.25 bits per heavy atom. The van der Waals surface area contributed by atoms with Crippen LogP contribution in [0.2, 0.25) is 0 Å². The summed E-state index contributed by atoms with van der Waals surface area (Å²) in [4.78, 5) is 10.6. The zero-order valence-electron chi connectivity index (χ0n) is 11.5. The van der Waals surface area contributed by atoms with E-state index in [4.69, 9.17) is 5.73 Å². The minimum Gasteiger partial charge on any atom is -0.370 e. The number of rotatable bonds is 2. The second-order valence-electron chi connectivity index (χ2n) is 4.03. The molecule has 98 valence electrons. The van der Waals surface area contributed by atoms with Gasteiger partial charge in [-0.25, -0.2) is 4.39 Å². The molecule has 1 amide bonds. The highest BCUT2D eigenvalue weighted by Crippen LogP contribution is 2.35. The van der Waals surface area contributed by atoms with E-state index in [9.17, 15) is 9.18 Å². The molecule has 16 heavy (non-hydrogen) atoms. The number of primary amides is 1. The molecule has 2 N–H and O–H groups in total. The van der Waals surface area contributed by atoms with Gasteiger partial charge >= 0.3 is 0 Å². The maximum atomic E-state index is 13.3. The molecular formula is C13H28FNO. The number of carbonyl (C=O) groups excluding carboxylic acids is 1. The molecule has 3 heteroatoms. The van der Waals surface area contributed by atoms with Gasteiger partial charge < -0.3 is 5.73 Å². The van der Waals surface area contributed by atoms with Crippen LogP contribution < -0.4 is 5.73 Å². The van der Waals surface area contributed by atoms with Crippen LogP contribution in [-0.4, -0.2) is 11.6 Å². The summed E-state index contributed by atoms with van der Waals surface area (Å²) >= 11 is 0. The fourth-order valence-corrected chi connectivity index (χ4v) is 1.77. The van der Waals surface area contributed by atoms with E-state index >= 15 is 0 Å². The summed E-state index contributed by atoms with van der Waals surface area (Å²) in [6.07, 6.45) is 3.18. The molecule has 0 aromatic rings. The molecule has 0 aromatic heterocycles. The van der Waals surface area contributed by atoms with Crippen molar-refractivity contribution >= 4 is 5.91 Å². The Kier molecular flexibility index (Phi) is 10.7. The molecule has 1 aliphatic rings. The Balaban J connectivity index is 0. The van der Waals surface area contributed by atoms with Crippen LogP contribution in [-0.2, 0) is 4.79 Å². The third-order valence-corrected chi connectivity index (χ3v) is 2.64. The van der Waals surface area contributed by atoms with E-state index in [-0.39, 0.29) is 5.91 Å². The van der Waals surface area contributed by atoms with Gasteiger partial charge in [0, 0.05) is 6.42 Å². The van der Waals surface area contributed by atoms with Gasteiger partial charge in [-0.05, 0) is 38.5 Å². The van der Waals surface area contributed by atoms with Crippen LogP contribution >= 0.6 is 0 Å². The van der Waals surface area contributed by atoms with Crippen molar-refractivity contribution < 1.29 is 9.18 Å². The molecule has 0 saturated heterocycles. The molecule has 0 radical (unpaired) electrons. The number of hydrogen-bond acceptors (Lipinski definition) is 1. The first-order valence-corrected chi connectivity index (χ1v) is 6.47. The molecule has 1 saturated carbocycles. The van der Waals surface area contributed by atoms with Crippen LogP contribution in [0.4, 0.5) is 4.39 Å². The number of carbonyl (C=O) groups is 1. The van der Waals surface area contributed by atoms with Crippen LogP contribution in [0.1, 0.15) is 66.7 Å². The van der Waals surface area contributed by atoms with Gasteiger partial charge in [-0.15, -0.1) is 0 Å². The highest BCUT2D eigenvalue weighted by molar-refractivity contribution is 5.73. The highest BCUT2D eigenvalue weighted by atomic mass is 19.1. The average molecular weight is 233 g/mol. The van der Waals surface area contributed by atoms with Crippen molar-refractivity contribution in [3.63, 3.8) is 0 Å². The fraction of sp³-hybridized carbons (Fsp3) is 0.923. The zero-order chi connectivity index (χ0) is 13.2. The number of amides is 1. The first-order valence-electron chi connectivity index (χ1n) is 6.47. The Bertz CT molecular complexity index is 171. The SMILES string of the molecule is CC.CC.CC1(F)CCC(CC(N)=O)CC1. The third kappa shape index (κ3) is 8.69. The summed E-state index contributed by atoms with van der Waals surface area (Å²) in [5.74, 6) is 0.0637. The quantitative estimate of drug-likeness (QED) is 0.774. The number of alkyl halides is 1. The van der Waals surface area contributed by atoms with E-state index in [1.54, 1.807) is 6.92 Å². The summed E-state index contributed by atoms with van der Waals surface area (Å²) in [6.45, 7) is 9.63. The lowest BCUT2D eigenvalue weighted by molar-refractivity contribution is -0.119. The molecule has 0 unspecified atom stereocenters. The topological polar surface area (TPSA) is 43.1 Å². The van der Waals surface area contributed by atoms with E-state index in [0.717, 1.165) is 12.8 Å². The molecule has 0 atom stereocenters. The van der Waals surface area contributed by atoms with Crippen LogP contribution in [0.3, 0.4) is 0 Å². The Morgan fingerprint density at radius 2 is 1.62 bits per heavy atom. The average Bonchev–Trinajstić information content (AvgIpc) is 2.27. The smallest absolute Gasteiger partial charge is 0.217 e. The maximum Gasteiger partial charge on any atom is 0.217 e. The number of halogens is 1. The van der Waals surface area contributed by atoms with Crippen molar-refractivity contribution in [1.29, 1.82) is 0 Å². The largest absolute Gasteiger partial charge is 0.370 e. The molecule has 1 rings (SSSR count). The van der Waals surface area contributed by atoms with Gasteiger partial charge in [0.15, 0.2) is 0 Å². The molecule has 0 aliphatic heterocycles. The Morgan fingerprint density at radius 3 is 1.94 bits per heavy atom. The van der Waals surface area contributed by atoms with Gasteiger partial charge in [-0.3, -0.25) is 4.79 Å². The van der Waals surface area contributed by atoms with Gasteiger partial charge in [0.2, 0.25) is 5.91 Å². The normalized spacial score (nSPS) is 28.0. The lowest BCUT2D eigenvalue weighted by Gasteiger charge is -2.30. The maximum absolute atomic E-state index is 13.3. The monoisotopic (exact) mass is 233 g/mol. The van der Waals surface area contributed by atoms with Crippen molar-refractivity contribution in [1.82, 2.24) is 0 Å². The highest BCUT2D eigenvalue weighted by Gasteiger charge is 2.30. The van der Waals surface area contributed by atoms with E-state index in [2.05, 4.69) is 0 Å². The van der Waals surface area contributed by atoms with Crippen LogP contribution in [0.15, 0.2) is 0 Å². The van der Waals surface area contributed by atoms with Gasteiger partial charge in [-0.1, -0.05) is 27.7 Å². The van der Waals surface area contributed by atoms with Crippen molar-refractivity contribution in [3.8, 4) is 0 Å². The molecule has 0 aromatic carbocycles. The van der Waals surface area contributed by atoms with Crippen LogP contribution in [0.25, 0.3) is 0 Å². The van der Waals surface area contributed by atoms with Crippen molar-refractivity contribution in [2.75, 3.05) is 0 Å².